The number of aromatic nitrogens is 4. The van der Waals surface area contributed by atoms with Gasteiger partial charge >= 0.3 is 6.03 Å². The summed E-state index contributed by atoms with van der Waals surface area (Å²) >= 11 is 11.3. The third kappa shape index (κ3) is 3.82. The van der Waals surface area contributed by atoms with Gasteiger partial charge in [0.25, 0.3) is 0 Å². The van der Waals surface area contributed by atoms with Crippen molar-refractivity contribution in [2.45, 2.75) is 6.54 Å². The molecule has 0 saturated heterocycles. The smallest absolute Gasteiger partial charge is 0.315 e. The Kier molecular flexibility index (Phi) is 5.14. The first-order chi connectivity index (χ1) is 9.70. The Labute approximate surface area is 125 Å². The molecular weight excluding hydrogens is 303 g/mol. The molecule has 0 unspecified atom stereocenters. The second-order valence-corrected chi connectivity index (χ2v) is 4.60. The highest BCUT2D eigenvalue weighted by molar-refractivity contribution is 6.30. The van der Waals surface area contributed by atoms with Gasteiger partial charge in [-0.3, -0.25) is 0 Å². The van der Waals surface area contributed by atoms with Gasteiger partial charge in [0.05, 0.1) is 12.2 Å². The number of tetrazole rings is 1. The Balaban J connectivity index is 2.02. The molecule has 2 N–H and O–H groups in total. The Hall–Kier alpha value is -1.86. The van der Waals surface area contributed by atoms with Gasteiger partial charge in [-0.1, -0.05) is 11.6 Å². The molecule has 2 aromatic rings. The Morgan fingerprint density at radius 3 is 2.70 bits per heavy atom. The van der Waals surface area contributed by atoms with Gasteiger partial charge in [-0.05, 0) is 34.7 Å². The maximum absolute atomic E-state index is 11.4. The quantitative estimate of drug-likeness (QED) is 0.816. The van der Waals surface area contributed by atoms with Crippen molar-refractivity contribution in [2.75, 3.05) is 12.4 Å². The van der Waals surface area contributed by atoms with Crippen molar-refractivity contribution in [3.63, 3.8) is 0 Å². The largest absolute Gasteiger partial charge is 0.337 e. The van der Waals surface area contributed by atoms with Crippen LogP contribution in [0.1, 0.15) is 5.82 Å². The van der Waals surface area contributed by atoms with Crippen molar-refractivity contribution >= 4 is 29.2 Å². The summed E-state index contributed by atoms with van der Waals surface area (Å²) in [5.41, 5.74) is 0.761. The fraction of sp³-hybridized carbons (Fsp3) is 0.273. The summed E-state index contributed by atoms with van der Waals surface area (Å²) in [6.45, 7) is 0.596. The minimum Gasteiger partial charge on any atom is -0.337 e. The molecule has 2 amide bonds. The van der Waals surface area contributed by atoms with Crippen LogP contribution in [0.2, 0.25) is 5.02 Å². The number of urea groups is 1. The highest BCUT2D eigenvalue weighted by Gasteiger charge is 2.09. The first-order valence-electron chi connectivity index (χ1n) is 5.81. The van der Waals surface area contributed by atoms with Crippen molar-refractivity contribution in [3.05, 3.63) is 35.1 Å². The summed E-state index contributed by atoms with van der Waals surface area (Å²) in [6, 6.07) is 6.73. The van der Waals surface area contributed by atoms with E-state index >= 15 is 0 Å². The molecule has 0 aliphatic heterocycles. The number of hydrogen-bond donors (Lipinski definition) is 2. The van der Waals surface area contributed by atoms with Crippen molar-refractivity contribution in [2.24, 2.45) is 0 Å². The fourth-order valence-corrected chi connectivity index (χ4v) is 1.70. The van der Waals surface area contributed by atoms with Gasteiger partial charge in [0, 0.05) is 17.4 Å². The third-order valence-corrected chi connectivity index (χ3v) is 2.83. The molecule has 9 heteroatoms. The van der Waals surface area contributed by atoms with Gasteiger partial charge < -0.3 is 10.6 Å². The van der Waals surface area contributed by atoms with Gasteiger partial charge in [-0.2, -0.15) is 4.68 Å². The highest BCUT2D eigenvalue weighted by atomic mass is 35.5. The zero-order valence-electron chi connectivity index (χ0n) is 10.4. The topological polar surface area (TPSA) is 84.7 Å². The summed E-state index contributed by atoms with van der Waals surface area (Å²) in [6.07, 6.45) is 0. The Bertz CT molecular complexity index is 571. The molecule has 0 saturated carbocycles. The predicted octanol–water partition coefficient (Wildman–Crippen LogP) is 1.35. The standard InChI is InChI=1S/C11H12Cl2N6O/c12-5-6-14-11(20)15-7-10-16-17-18-19(10)9-3-1-8(13)2-4-9/h1-4H,5-7H2,(H2,14,15,20). The minimum atomic E-state index is -0.323. The molecule has 1 heterocycles. The van der Waals surface area contributed by atoms with Crippen LogP contribution in [0, 0.1) is 0 Å². The minimum absolute atomic E-state index is 0.198. The van der Waals surface area contributed by atoms with Crippen LogP contribution in [-0.2, 0) is 6.54 Å². The lowest BCUT2D eigenvalue weighted by Crippen LogP contribution is -2.36. The number of benzene rings is 1. The average Bonchev–Trinajstić information content (AvgIpc) is 2.92. The molecule has 20 heavy (non-hydrogen) atoms. The molecule has 0 aliphatic carbocycles. The SMILES string of the molecule is O=C(NCCCl)NCc1nnnn1-c1ccc(Cl)cc1. The Morgan fingerprint density at radius 2 is 2.00 bits per heavy atom. The van der Waals surface area contributed by atoms with E-state index in [2.05, 4.69) is 26.2 Å². The lowest BCUT2D eigenvalue weighted by Gasteiger charge is -2.07. The number of nitrogens with one attached hydrogen (secondary N) is 2. The number of carbonyl (C=O) groups excluding carboxylic acids is 1. The number of alkyl halides is 1. The van der Waals surface area contributed by atoms with E-state index in [9.17, 15) is 4.79 Å². The van der Waals surface area contributed by atoms with Gasteiger partial charge in [0.15, 0.2) is 5.82 Å². The summed E-state index contributed by atoms with van der Waals surface area (Å²) in [5, 5.41) is 17.2. The van der Waals surface area contributed by atoms with Crippen LogP contribution >= 0.6 is 23.2 Å². The molecule has 0 spiro atoms. The van der Waals surface area contributed by atoms with Crippen LogP contribution in [0.3, 0.4) is 0 Å². The fourth-order valence-electron chi connectivity index (χ4n) is 1.48. The van der Waals surface area contributed by atoms with Crippen LogP contribution in [0.15, 0.2) is 24.3 Å². The van der Waals surface area contributed by atoms with Gasteiger partial charge in [0.1, 0.15) is 0 Å². The number of amides is 2. The van der Waals surface area contributed by atoms with E-state index in [1.807, 2.05) is 0 Å². The number of hydrogen-bond acceptors (Lipinski definition) is 4. The lowest BCUT2D eigenvalue weighted by atomic mass is 10.3. The molecule has 7 nitrogen and oxygen atoms in total. The summed E-state index contributed by atoms with van der Waals surface area (Å²) < 4.78 is 1.53. The normalized spacial score (nSPS) is 10.3. The van der Waals surface area contributed by atoms with E-state index in [0.29, 0.717) is 23.3 Å². The molecule has 2 rings (SSSR count). The number of nitrogens with zero attached hydrogens (tertiary/aromatic N) is 4. The zero-order valence-corrected chi connectivity index (χ0v) is 11.9. The predicted molar refractivity (Wildman–Crippen MR) is 75.1 cm³/mol. The molecule has 0 fully saturated rings. The molecule has 1 aromatic carbocycles. The number of halogens is 2. The van der Waals surface area contributed by atoms with Gasteiger partial charge in [-0.15, -0.1) is 16.7 Å². The van der Waals surface area contributed by atoms with Gasteiger partial charge in [0.2, 0.25) is 0 Å². The van der Waals surface area contributed by atoms with Crippen molar-refractivity contribution in [1.82, 2.24) is 30.8 Å². The van der Waals surface area contributed by atoms with E-state index in [-0.39, 0.29) is 12.6 Å². The van der Waals surface area contributed by atoms with Crippen molar-refractivity contribution in [1.29, 1.82) is 0 Å². The zero-order chi connectivity index (χ0) is 14.4. The first-order valence-corrected chi connectivity index (χ1v) is 6.73. The molecule has 106 valence electrons. The average molecular weight is 315 g/mol. The van der Waals surface area contributed by atoms with E-state index in [1.165, 1.54) is 4.68 Å². The Morgan fingerprint density at radius 1 is 1.25 bits per heavy atom. The van der Waals surface area contributed by atoms with E-state index in [4.69, 9.17) is 23.2 Å². The second-order valence-electron chi connectivity index (χ2n) is 3.78. The molecule has 0 atom stereocenters. The van der Waals surface area contributed by atoms with Gasteiger partial charge in [-0.25, -0.2) is 4.79 Å². The van der Waals surface area contributed by atoms with E-state index in [1.54, 1.807) is 24.3 Å². The van der Waals surface area contributed by atoms with E-state index < -0.39 is 0 Å². The van der Waals surface area contributed by atoms with E-state index in [0.717, 1.165) is 5.69 Å². The molecule has 0 bridgehead atoms. The van der Waals surface area contributed by atoms with Crippen LogP contribution < -0.4 is 10.6 Å². The summed E-state index contributed by atoms with van der Waals surface area (Å²) in [7, 11) is 0. The van der Waals surface area contributed by atoms with Crippen LogP contribution in [0.5, 0.6) is 0 Å². The van der Waals surface area contributed by atoms with Crippen LogP contribution in [0.25, 0.3) is 5.69 Å². The maximum atomic E-state index is 11.4. The second kappa shape index (κ2) is 7.06. The molecule has 0 radical (unpaired) electrons. The maximum Gasteiger partial charge on any atom is 0.315 e. The molecule has 0 aliphatic rings. The monoisotopic (exact) mass is 314 g/mol. The number of carbonyl (C=O) groups is 1. The summed E-state index contributed by atoms with van der Waals surface area (Å²) in [4.78, 5) is 11.4. The first kappa shape index (κ1) is 14.5. The number of rotatable bonds is 5. The molecular formula is C11H12Cl2N6O. The summed E-state index contributed by atoms with van der Waals surface area (Å²) in [5.74, 6) is 0.865. The molecule has 1 aromatic heterocycles. The highest BCUT2D eigenvalue weighted by Crippen LogP contribution is 2.13. The van der Waals surface area contributed by atoms with Crippen molar-refractivity contribution < 1.29 is 4.79 Å². The third-order valence-electron chi connectivity index (χ3n) is 2.39. The lowest BCUT2D eigenvalue weighted by molar-refractivity contribution is 0.240. The van der Waals surface area contributed by atoms with Crippen molar-refractivity contribution in [3.8, 4) is 5.69 Å². The van der Waals surface area contributed by atoms with Crippen LogP contribution in [0.4, 0.5) is 4.79 Å². The van der Waals surface area contributed by atoms with Crippen LogP contribution in [-0.4, -0.2) is 38.7 Å².